The second-order valence-electron chi connectivity index (χ2n) is 7.64. The van der Waals surface area contributed by atoms with E-state index in [1.165, 1.54) is 12.1 Å². The monoisotopic (exact) mass is 436 g/mol. The van der Waals surface area contributed by atoms with Crippen molar-refractivity contribution in [3.63, 3.8) is 0 Å². The van der Waals surface area contributed by atoms with E-state index in [4.69, 9.17) is 9.51 Å². The maximum atomic E-state index is 13.1. The molecule has 1 fully saturated rings. The maximum absolute atomic E-state index is 13.1. The van der Waals surface area contributed by atoms with E-state index in [0.29, 0.717) is 30.1 Å². The first-order chi connectivity index (χ1) is 15.2. The lowest BCUT2D eigenvalue weighted by atomic mass is 10.0. The SMILES string of the molecule is O=C(CCc1nc(-c2ccc(F)cc2)no1)N1CCCCC1c1nc2ccccc2s1. The normalized spacial score (nSPS) is 16.7. The molecule has 1 saturated heterocycles. The van der Waals surface area contributed by atoms with Crippen LogP contribution in [-0.2, 0) is 11.2 Å². The third kappa shape index (κ3) is 4.20. The molecule has 0 aliphatic carbocycles. The summed E-state index contributed by atoms with van der Waals surface area (Å²) in [5.41, 5.74) is 1.66. The average molecular weight is 437 g/mol. The largest absolute Gasteiger partial charge is 0.339 e. The van der Waals surface area contributed by atoms with Crippen LogP contribution in [0.15, 0.2) is 53.1 Å². The first-order valence-electron chi connectivity index (χ1n) is 10.4. The zero-order valence-electron chi connectivity index (χ0n) is 16.8. The summed E-state index contributed by atoms with van der Waals surface area (Å²) in [6.07, 6.45) is 3.70. The number of halogens is 1. The molecule has 5 rings (SSSR count). The number of piperidine rings is 1. The van der Waals surface area contributed by atoms with E-state index in [1.807, 2.05) is 23.1 Å². The molecule has 1 amide bonds. The lowest BCUT2D eigenvalue weighted by molar-refractivity contribution is -0.135. The summed E-state index contributed by atoms with van der Waals surface area (Å²) in [6, 6.07) is 14.0. The number of hydrogen-bond acceptors (Lipinski definition) is 6. The molecule has 8 heteroatoms. The number of rotatable bonds is 5. The fraction of sp³-hybridized carbons (Fsp3) is 0.304. The molecule has 0 bridgehead atoms. The van der Waals surface area contributed by atoms with E-state index in [9.17, 15) is 9.18 Å². The van der Waals surface area contributed by atoms with Gasteiger partial charge in [-0.3, -0.25) is 4.79 Å². The van der Waals surface area contributed by atoms with Crippen molar-refractivity contribution >= 4 is 27.5 Å². The number of benzene rings is 2. The van der Waals surface area contributed by atoms with E-state index in [-0.39, 0.29) is 17.8 Å². The van der Waals surface area contributed by atoms with E-state index < -0.39 is 0 Å². The van der Waals surface area contributed by atoms with E-state index >= 15 is 0 Å². The molecule has 2 aromatic carbocycles. The number of aromatic nitrogens is 3. The summed E-state index contributed by atoms with van der Waals surface area (Å²) in [5.74, 6) is 0.557. The molecule has 158 valence electrons. The Hall–Kier alpha value is -3.13. The fourth-order valence-electron chi connectivity index (χ4n) is 3.95. The molecule has 6 nitrogen and oxygen atoms in total. The standard InChI is InChI=1S/C23H21FN4O2S/c24-16-10-8-15(9-11-16)22-26-20(30-27-22)12-13-21(29)28-14-4-3-6-18(28)23-25-17-5-1-2-7-19(17)31-23/h1-2,5,7-11,18H,3-4,6,12-14H2. The molecular formula is C23H21FN4O2S. The van der Waals surface area contributed by atoms with Crippen molar-refractivity contribution in [2.75, 3.05) is 6.54 Å². The molecule has 2 aromatic heterocycles. The van der Waals surface area contributed by atoms with Crippen LogP contribution in [0, 0.1) is 5.82 Å². The van der Waals surface area contributed by atoms with Crippen molar-refractivity contribution in [3.05, 3.63) is 65.2 Å². The number of likely N-dealkylation sites (tertiary alicyclic amines) is 1. The van der Waals surface area contributed by atoms with Crippen molar-refractivity contribution in [1.29, 1.82) is 0 Å². The molecule has 0 spiro atoms. The molecule has 0 N–H and O–H groups in total. The van der Waals surface area contributed by atoms with Gasteiger partial charge in [-0.2, -0.15) is 4.98 Å². The Morgan fingerprint density at radius 1 is 1.13 bits per heavy atom. The first kappa shape index (κ1) is 19.8. The van der Waals surface area contributed by atoms with Crippen LogP contribution in [0.1, 0.15) is 42.6 Å². The van der Waals surface area contributed by atoms with Crippen LogP contribution in [-0.4, -0.2) is 32.5 Å². The molecular weight excluding hydrogens is 415 g/mol. The predicted molar refractivity (Wildman–Crippen MR) is 116 cm³/mol. The van der Waals surface area contributed by atoms with Crippen molar-refractivity contribution < 1.29 is 13.7 Å². The van der Waals surface area contributed by atoms with Gasteiger partial charge in [-0.15, -0.1) is 11.3 Å². The Bertz CT molecular complexity index is 1170. The minimum Gasteiger partial charge on any atom is -0.339 e. The number of amides is 1. The van der Waals surface area contributed by atoms with Crippen LogP contribution in [0.2, 0.25) is 0 Å². The predicted octanol–water partition coefficient (Wildman–Crippen LogP) is 5.17. The molecule has 1 atom stereocenters. The van der Waals surface area contributed by atoms with Crippen LogP contribution in [0.5, 0.6) is 0 Å². The van der Waals surface area contributed by atoms with Crippen molar-refractivity contribution in [2.45, 2.75) is 38.1 Å². The number of hydrogen-bond donors (Lipinski definition) is 0. The maximum Gasteiger partial charge on any atom is 0.227 e. The summed E-state index contributed by atoms with van der Waals surface area (Å²) >= 11 is 1.67. The van der Waals surface area contributed by atoms with Gasteiger partial charge in [0.2, 0.25) is 17.6 Å². The highest BCUT2D eigenvalue weighted by molar-refractivity contribution is 7.18. The second-order valence-corrected chi connectivity index (χ2v) is 8.70. The van der Waals surface area contributed by atoms with Gasteiger partial charge in [0, 0.05) is 24.9 Å². The topological polar surface area (TPSA) is 72.1 Å². The Kier molecular flexibility index (Phi) is 5.46. The van der Waals surface area contributed by atoms with E-state index in [2.05, 4.69) is 16.2 Å². The molecule has 4 aromatic rings. The Morgan fingerprint density at radius 3 is 2.81 bits per heavy atom. The van der Waals surface area contributed by atoms with Crippen molar-refractivity contribution in [2.24, 2.45) is 0 Å². The number of fused-ring (bicyclic) bond motifs is 1. The Labute approximate surface area is 182 Å². The van der Waals surface area contributed by atoms with Gasteiger partial charge in [-0.05, 0) is 55.7 Å². The van der Waals surface area contributed by atoms with Gasteiger partial charge in [-0.1, -0.05) is 17.3 Å². The fourth-order valence-corrected chi connectivity index (χ4v) is 5.06. The molecule has 0 saturated carbocycles. The highest BCUT2D eigenvalue weighted by Gasteiger charge is 2.30. The van der Waals surface area contributed by atoms with Gasteiger partial charge in [0.15, 0.2) is 0 Å². The minimum absolute atomic E-state index is 0.0242. The highest BCUT2D eigenvalue weighted by Crippen LogP contribution is 2.36. The molecule has 1 unspecified atom stereocenters. The number of carbonyl (C=O) groups excluding carboxylic acids is 1. The van der Waals surface area contributed by atoms with Gasteiger partial charge < -0.3 is 9.42 Å². The van der Waals surface area contributed by atoms with Gasteiger partial charge >= 0.3 is 0 Å². The van der Waals surface area contributed by atoms with Crippen LogP contribution < -0.4 is 0 Å². The third-order valence-electron chi connectivity index (χ3n) is 5.54. The first-order valence-corrected chi connectivity index (χ1v) is 11.2. The second kappa shape index (κ2) is 8.55. The highest BCUT2D eigenvalue weighted by atomic mass is 32.1. The number of thiazole rings is 1. The summed E-state index contributed by atoms with van der Waals surface area (Å²) in [4.78, 5) is 24.2. The van der Waals surface area contributed by atoms with Crippen LogP contribution in [0.3, 0.4) is 0 Å². The zero-order chi connectivity index (χ0) is 21.2. The molecule has 1 aliphatic heterocycles. The van der Waals surface area contributed by atoms with Gasteiger partial charge in [-0.25, -0.2) is 9.37 Å². The minimum atomic E-state index is -0.317. The van der Waals surface area contributed by atoms with Crippen molar-refractivity contribution in [1.82, 2.24) is 20.0 Å². The molecule has 3 heterocycles. The zero-order valence-corrected chi connectivity index (χ0v) is 17.6. The summed E-state index contributed by atoms with van der Waals surface area (Å²) < 4.78 is 19.5. The summed E-state index contributed by atoms with van der Waals surface area (Å²) in [5, 5.41) is 4.96. The average Bonchev–Trinajstić information content (AvgIpc) is 3.45. The van der Waals surface area contributed by atoms with Crippen LogP contribution in [0.25, 0.3) is 21.6 Å². The van der Waals surface area contributed by atoms with Gasteiger partial charge in [0.25, 0.3) is 0 Å². The number of nitrogens with zero attached hydrogens (tertiary/aromatic N) is 4. The molecule has 31 heavy (non-hydrogen) atoms. The molecule has 0 radical (unpaired) electrons. The van der Waals surface area contributed by atoms with Gasteiger partial charge in [0.1, 0.15) is 10.8 Å². The number of para-hydroxylation sites is 1. The van der Waals surface area contributed by atoms with Crippen LogP contribution in [0.4, 0.5) is 4.39 Å². The van der Waals surface area contributed by atoms with Gasteiger partial charge in [0.05, 0.1) is 16.3 Å². The summed E-state index contributed by atoms with van der Waals surface area (Å²) in [6.45, 7) is 0.740. The Balaban J connectivity index is 1.27. The number of aryl methyl sites for hydroxylation is 1. The van der Waals surface area contributed by atoms with Crippen molar-refractivity contribution in [3.8, 4) is 11.4 Å². The smallest absolute Gasteiger partial charge is 0.227 e. The number of carbonyl (C=O) groups is 1. The van der Waals surface area contributed by atoms with Crippen LogP contribution >= 0.6 is 11.3 Å². The lowest BCUT2D eigenvalue weighted by Gasteiger charge is -2.34. The van der Waals surface area contributed by atoms with E-state index in [0.717, 1.165) is 41.0 Å². The van der Waals surface area contributed by atoms with E-state index in [1.54, 1.807) is 23.5 Å². The Morgan fingerprint density at radius 2 is 1.97 bits per heavy atom. The third-order valence-corrected chi connectivity index (χ3v) is 6.68. The quantitative estimate of drug-likeness (QED) is 0.431. The molecule has 1 aliphatic rings. The lowest BCUT2D eigenvalue weighted by Crippen LogP contribution is -2.38. The summed E-state index contributed by atoms with van der Waals surface area (Å²) in [7, 11) is 0.